The first-order valence-electron chi connectivity index (χ1n) is 24.2. The van der Waals surface area contributed by atoms with Crippen LogP contribution in [0.3, 0.4) is 0 Å². The highest BCUT2D eigenvalue weighted by Gasteiger charge is 2.62. The quantitative estimate of drug-likeness (QED) is 0.104. The molecule has 61 heavy (non-hydrogen) atoms. The maximum absolute atomic E-state index is 6.47. The van der Waals surface area contributed by atoms with E-state index in [4.69, 9.17) is 20.9 Å². The number of nitrogens with two attached hydrogens (primary N) is 2. The largest absolute Gasteiger partial charge is 0.457 e. The minimum Gasteiger partial charge on any atom is -0.457 e. The van der Waals surface area contributed by atoms with Crippen molar-refractivity contribution >= 4 is 24.0 Å². The third-order valence-corrected chi connectivity index (χ3v) is 15.9. The van der Waals surface area contributed by atoms with Crippen LogP contribution in [0.5, 0.6) is 23.0 Å². The van der Waals surface area contributed by atoms with E-state index in [9.17, 15) is 0 Å². The van der Waals surface area contributed by atoms with Crippen LogP contribution in [-0.4, -0.2) is 6.26 Å². The van der Waals surface area contributed by atoms with Crippen LogP contribution in [0, 0.1) is 52.3 Å². The van der Waals surface area contributed by atoms with Crippen LogP contribution < -0.4 is 20.9 Å². The van der Waals surface area contributed by atoms with Crippen molar-refractivity contribution in [1.82, 2.24) is 0 Å². The summed E-state index contributed by atoms with van der Waals surface area (Å²) in [5.41, 5.74) is 17.1. The van der Waals surface area contributed by atoms with E-state index in [0.717, 1.165) is 71.3 Å². The molecule has 8 unspecified atom stereocenters. The summed E-state index contributed by atoms with van der Waals surface area (Å²) >= 11 is 3.53. The van der Waals surface area contributed by atoms with Crippen LogP contribution in [0.2, 0.25) is 0 Å². The van der Waals surface area contributed by atoms with Gasteiger partial charge in [-0.1, -0.05) is 118 Å². The fourth-order valence-corrected chi connectivity index (χ4v) is 13.1. The van der Waals surface area contributed by atoms with Gasteiger partial charge in [0.1, 0.15) is 23.0 Å². The molecule has 4 N–H and O–H groups in total. The average molecular weight is 847 g/mol. The Hall–Kier alpha value is -3.57. The number of fused-ring (bicyclic) bond motifs is 5. The summed E-state index contributed by atoms with van der Waals surface area (Å²) in [6.45, 7) is 20.8. The molecule has 334 valence electrons. The standard InChI is InChI=1S/C51H66N2O2.2C2H6.CH4S/c1-34(2)11-6-12-35(3)46-23-24-47-45-22-21-38-33-51(28-27-49(38,4)48(45)25-26-50(46,47)5,36-13-7-17-41(29-36)54-43-19-9-15-39(52)31-43)37-14-8-18-42(30-37)55-44-20-10-16-40(53)32-44;3*1-2/h7-10,13-20,29-32,34-35,38,45-48H,6,11-12,21-28,33,52-53H2,1-5H3;2*1-2H3;2H,1H3. The lowest BCUT2D eigenvalue weighted by Gasteiger charge is -2.63. The summed E-state index contributed by atoms with van der Waals surface area (Å²) in [5, 5.41) is 0. The Kier molecular flexibility index (Phi) is 17.2. The van der Waals surface area contributed by atoms with Gasteiger partial charge in [0, 0.05) is 28.9 Å². The Morgan fingerprint density at radius 1 is 0.590 bits per heavy atom. The number of benzene rings is 4. The molecule has 8 atom stereocenters. The number of anilines is 2. The summed E-state index contributed by atoms with van der Waals surface area (Å²) in [4.78, 5) is 0. The molecule has 0 saturated heterocycles. The summed E-state index contributed by atoms with van der Waals surface area (Å²) < 4.78 is 12.9. The number of ether oxygens (including phenoxy) is 2. The van der Waals surface area contributed by atoms with E-state index in [-0.39, 0.29) is 5.41 Å². The zero-order chi connectivity index (χ0) is 44.4. The molecule has 5 heteroatoms. The zero-order valence-corrected chi connectivity index (χ0v) is 40.6. The van der Waals surface area contributed by atoms with E-state index < -0.39 is 0 Å². The smallest absolute Gasteiger partial charge is 0.129 e. The topological polar surface area (TPSA) is 70.5 Å². The van der Waals surface area contributed by atoms with Crippen molar-refractivity contribution in [1.29, 1.82) is 0 Å². The third kappa shape index (κ3) is 10.5. The van der Waals surface area contributed by atoms with Gasteiger partial charge in [0.15, 0.2) is 0 Å². The van der Waals surface area contributed by atoms with Crippen molar-refractivity contribution in [3.05, 3.63) is 108 Å². The number of hydrogen-bond donors (Lipinski definition) is 3. The SMILES string of the molecule is CC.CC.CC(C)CCCC(C)C1CCC2C3CCC4CC(c5cccc(Oc6cccc(N)c6)c5)(c5cccc(Oc6cccc(N)c6)c5)CCC4(C)C3CCC12C.CS. The molecule has 4 aromatic rings. The highest BCUT2D eigenvalue weighted by Crippen LogP contribution is 2.70. The van der Waals surface area contributed by atoms with E-state index in [0.29, 0.717) is 28.1 Å². The molecule has 4 aromatic carbocycles. The maximum Gasteiger partial charge on any atom is 0.129 e. The second-order valence-corrected chi connectivity index (χ2v) is 19.4. The second-order valence-electron chi connectivity index (χ2n) is 19.4. The molecule has 4 aliphatic carbocycles. The zero-order valence-electron chi connectivity index (χ0n) is 39.7. The first-order valence-corrected chi connectivity index (χ1v) is 25.1. The predicted octanol–water partition coefficient (Wildman–Crippen LogP) is 16.4. The van der Waals surface area contributed by atoms with Gasteiger partial charge in [-0.2, -0.15) is 12.6 Å². The van der Waals surface area contributed by atoms with Gasteiger partial charge < -0.3 is 20.9 Å². The molecule has 0 bridgehead atoms. The normalized spacial score (nSPS) is 27.5. The second kappa shape index (κ2) is 21.7. The highest BCUT2D eigenvalue weighted by atomic mass is 32.1. The van der Waals surface area contributed by atoms with Crippen LogP contribution >= 0.6 is 12.6 Å². The number of nitrogen functional groups attached to an aromatic ring is 2. The molecule has 0 aromatic heterocycles. The lowest BCUT2D eigenvalue weighted by Crippen LogP contribution is -2.55. The molecule has 0 radical (unpaired) electrons. The van der Waals surface area contributed by atoms with E-state index in [1.165, 1.54) is 75.3 Å². The Labute approximate surface area is 377 Å². The fraction of sp³-hybridized carbons (Fsp3) is 0.571. The summed E-state index contributed by atoms with van der Waals surface area (Å²) in [7, 11) is 0. The van der Waals surface area contributed by atoms with Gasteiger partial charge in [0.2, 0.25) is 0 Å². The van der Waals surface area contributed by atoms with Crippen molar-refractivity contribution in [2.24, 2.45) is 52.3 Å². The minimum absolute atomic E-state index is 0.158. The Bertz CT molecular complexity index is 1870. The van der Waals surface area contributed by atoms with E-state index in [2.05, 4.69) is 95.8 Å². The number of thiol groups is 1. The van der Waals surface area contributed by atoms with Gasteiger partial charge in [0.25, 0.3) is 0 Å². The summed E-state index contributed by atoms with van der Waals surface area (Å²) in [6, 6.07) is 33.3. The van der Waals surface area contributed by atoms with Crippen molar-refractivity contribution in [2.45, 2.75) is 145 Å². The van der Waals surface area contributed by atoms with E-state index >= 15 is 0 Å². The predicted molar refractivity (Wildman–Crippen MR) is 266 cm³/mol. The van der Waals surface area contributed by atoms with Crippen LogP contribution in [0.1, 0.15) is 150 Å². The molecule has 0 heterocycles. The molecule has 8 rings (SSSR count). The van der Waals surface area contributed by atoms with Gasteiger partial charge in [-0.25, -0.2) is 0 Å². The van der Waals surface area contributed by atoms with Crippen molar-refractivity contribution in [2.75, 3.05) is 17.7 Å². The molecule has 0 spiro atoms. The summed E-state index contributed by atoms with van der Waals surface area (Å²) in [6.07, 6.45) is 17.9. The molecular formula is C56H82N2O2S. The van der Waals surface area contributed by atoms with Crippen LogP contribution in [0.15, 0.2) is 97.1 Å². The highest BCUT2D eigenvalue weighted by molar-refractivity contribution is 7.79. The van der Waals surface area contributed by atoms with Crippen LogP contribution in [0.4, 0.5) is 11.4 Å². The third-order valence-electron chi connectivity index (χ3n) is 15.9. The first kappa shape index (κ1) is 48.5. The van der Waals surface area contributed by atoms with Gasteiger partial charge in [-0.3, -0.25) is 0 Å². The van der Waals surface area contributed by atoms with E-state index in [1.54, 1.807) is 6.26 Å². The molecule has 4 nitrogen and oxygen atoms in total. The van der Waals surface area contributed by atoms with Gasteiger partial charge in [-0.05, 0) is 176 Å². The average Bonchev–Trinajstić information content (AvgIpc) is 3.63. The molecule has 0 amide bonds. The molecule has 4 fully saturated rings. The molecular weight excluding hydrogens is 765 g/mol. The fourth-order valence-electron chi connectivity index (χ4n) is 13.1. The van der Waals surface area contributed by atoms with Gasteiger partial charge in [0.05, 0.1) is 0 Å². The Balaban J connectivity index is 0.00000112. The van der Waals surface area contributed by atoms with Crippen molar-refractivity contribution in [3.8, 4) is 23.0 Å². The lowest BCUT2D eigenvalue weighted by molar-refractivity contribution is -0.122. The molecule has 4 aliphatic rings. The Morgan fingerprint density at radius 2 is 1.10 bits per heavy atom. The van der Waals surface area contributed by atoms with Gasteiger partial charge in [-0.15, -0.1) is 0 Å². The van der Waals surface area contributed by atoms with Crippen molar-refractivity contribution in [3.63, 3.8) is 0 Å². The first-order chi connectivity index (χ1) is 29.5. The monoisotopic (exact) mass is 847 g/mol. The van der Waals surface area contributed by atoms with Gasteiger partial charge >= 0.3 is 0 Å². The lowest BCUT2D eigenvalue weighted by atomic mass is 9.42. The minimum atomic E-state index is -0.158. The van der Waals surface area contributed by atoms with E-state index in [1.807, 2.05) is 76.2 Å². The maximum atomic E-state index is 6.47. The Morgan fingerprint density at radius 3 is 1.62 bits per heavy atom. The summed E-state index contributed by atoms with van der Waals surface area (Å²) in [5.74, 6) is 9.08. The van der Waals surface area contributed by atoms with Crippen LogP contribution in [-0.2, 0) is 5.41 Å². The molecule has 0 aliphatic heterocycles. The van der Waals surface area contributed by atoms with Crippen molar-refractivity contribution < 1.29 is 9.47 Å². The number of rotatable bonds is 11. The number of hydrogen-bond acceptors (Lipinski definition) is 5. The van der Waals surface area contributed by atoms with Crippen LogP contribution in [0.25, 0.3) is 0 Å². The molecule has 4 saturated carbocycles.